The molecule has 2 unspecified atom stereocenters. The van der Waals surface area contributed by atoms with Gasteiger partial charge >= 0.3 is 0 Å². The van der Waals surface area contributed by atoms with E-state index in [4.69, 9.17) is 16.3 Å². The second kappa shape index (κ2) is 5.70. The van der Waals surface area contributed by atoms with Crippen LogP contribution < -0.4 is 0 Å². The summed E-state index contributed by atoms with van der Waals surface area (Å²) < 4.78 is 5.49. The Bertz CT molecular complexity index is 331. The molecule has 0 bridgehead atoms. The molecule has 0 radical (unpaired) electrons. The lowest BCUT2D eigenvalue weighted by Crippen LogP contribution is -2.27. The van der Waals surface area contributed by atoms with Gasteiger partial charge < -0.3 is 4.74 Å². The molecule has 1 aliphatic heterocycles. The Balaban J connectivity index is 1.96. The first-order chi connectivity index (χ1) is 7.77. The maximum atomic E-state index is 6.49. The highest BCUT2D eigenvalue weighted by atomic mass is 35.5. The Morgan fingerprint density at radius 2 is 2.25 bits per heavy atom. The zero-order chi connectivity index (χ0) is 11.4. The molecule has 0 saturated carbocycles. The SMILES string of the molecule is Cc1ccccc1CC(Cl)C1CCCOC1. The molecule has 0 amide bonds. The third kappa shape index (κ3) is 2.99. The molecule has 1 aromatic rings. The molecule has 0 aromatic heterocycles. The number of hydrogen-bond donors (Lipinski definition) is 0. The van der Waals surface area contributed by atoms with Crippen molar-refractivity contribution in [2.45, 2.75) is 31.6 Å². The lowest BCUT2D eigenvalue weighted by atomic mass is 9.92. The van der Waals surface area contributed by atoms with E-state index in [1.807, 2.05) is 0 Å². The fourth-order valence-electron chi connectivity index (χ4n) is 2.27. The number of benzene rings is 1. The van der Waals surface area contributed by atoms with Gasteiger partial charge in [-0.05, 0) is 43.2 Å². The lowest BCUT2D eigenvalue weighted by Gasteiger charge is -2.26. The van der Waals surface area contributed by atoms with Crippen LogP contribution in [0.4, 0.5) is 0 Å². The minimum atomic E-state index is 0.210. The Kier molecular flexibility index (Phi) is 4.25. The highest BCUT2D eigenvalue weighted by Crippen LogP contribution is 2.25. The van der Waals surface area contributed by atoms with E-state index >= 15 is 0 Å². The third-order valence-corrected chi connectivity index (χ3v) is 3.89. The van der Waals surface area contributed by atoms with Gasteiger partial charge in [0.25, 0.3) is 0 Å². The van der Waals surface area contributed by atoms with Gasteiger partial charge in [-0.1, -0.05) is 24.3 Å². The molecule has 1 fully saturated rings. The smallest absolute Gasteiger partial charge is 0.0508 e. The van der Waals surface area contributed by atoms with Crippen LogP contribution >= 0.6 is 11.6 Å². The van der Waals surface area contributed by atoms with Crippen LogP contribution in [0.25, 0.3) is 0 Å². The number of ether oxygens (including phenoxy) is 1. The van der Waals surface area contributed by atoms with Crippen LogP contribution in [0.2, 0.25) is 0 Å². The summed E-state index contributed by atoms with van der Waals surface area (Å²) in [7, 11) is 0. The summed E-state index contributed by atoms with van der Waals surface area (Å²) in [5, 5.41) is 0.210. The maximum absolute atomic E-state index is 6.49. The van der Waals surface area contributed by atoms with E-state index in [0.29, 0.717) is 5.92 Å². The fourth-order valence-corrected chi connectivity index (χ4v) is 2.63. The van der Waals surface area contributed by atoms with Gasteiger partial charge in [0.15, 0.2) is 0 Å². The number of halogens is 1. The van der Waals surface area contributed by atoms with E-state index in [0.717, 1.165) is 26.1 Å². The van der Waals surface area contributed by atoms with Gasteiger partial charge in [0.2, 0.25) is 0 Å². The summed E-state index contributed by atoms with van der Waals surface area (Å²) >= 11 is 6.49. The van der Waals surface area contributed by atoms with Crippen molar-refractivity contribution in [3.8, 4) is 0 Å². The number of hydrogen-bond acceptors (Lipinski definition) is 1. The molecule has 2 rings (SSSR count). The van der Waals surface area contributed by atoms with Gasteiger partial charge in [-0.25, -0.2) is 0 Å². The lowest BCUT2D eigenvalue weighted by molar-refractivity contribution is 0.0533. The van der Waals surface area contributed by atoms with Gasteiger partial charge in [0.05, 0.1) is 6.61 Å². The van der Waals surface area contributed by atoms with Crippen molar-refractivity contribution in [3.63, 3.8) is 0 Å². The quantitative estimate of drug-likeness (QED) is 0.732. The first kappa shape index (κ1) is 11.9. The molecule has 1 saturated heterocycles. The predicted octanol–water partition coefficient (Wildman–Crippen LogP) is 3.57. The van der Waals surface area contributed by atoms with E-state index in [1.165, 1.54) is 17.5 Å². The Hall–Kier alpha value is -0.530. The van der Waals surface area contributed by atoms with Gasteiger partial charge in [0.1, 0.15) is 0 Å². The number of rotatable bonds is 3. The molecule has 0 spiro atoms. The molecule has 1 heterocycles. The van der Waals surface area contributed by atoms with Crippen molar-refractivity contribution in [2.24, 2.45) is 5.92 Å². The average molecular weight is 239 g/mol. The highest BCUT2D eigenvalue weighted by Gasteiger charge is 2.22. The number of aryl methyl sites for hydroxylation is 1. The average Bonchev–Trinajstić information content (AvgIpc) is 2.33. The van der Waals surface area contributed by atoms with Crippen LogP contribution in [0.3, 0.4) is 0 Å². The molecule has 1 aliphatic rings. The largest absolute Gasteiger partial charge is 0.381 e. The van der Waals surface area contributed by atoms with Gasteiger partial charge in [0, 0.05) is 12.0 Å². The zero-order valence-corrected chi connectivity index (χ0v) is 10.5. The van der Waals surface area contributed by atoms with Crippen molar-refractivity contribution in [3.05, 3.63) is 35.4 Å². The van der Waals surface area contributed by atoms with E-state index in [-0.39, 0.29) is 5.38 Å². The van der Waals surface area contributed by atoms with Crippen molar-refractivity contribution in [2.75, 3.05) is 13.2 Å². The normalized spacial score (nSPS) is 23.0. The molecule has 1 aromatic carbocycles. The minimum absolute atomic E-state index is 0.210. The van der Waals surface area contributed by atoms with Crippen LogP contribution in [-0.2, 0) is 11.2 Å². The first-order valence-corrected chi connectivity index (χ1v) is 6.47. The van der Waals surface area contributed by atoms with Crippen LogP contribution in [-0.4, -0.2) is 18.6 Å². The van der Waals surface area contributed by atoms with Gasteiger partial charge in [-0.15, -0.1) is 11.6 Å². The Morgan fingerprint density at radius 3 is 2.94 bits per heavy atom. The summed E-state index contributed by atoms with van der Waals surface area (Å²) in [6.45, 7) is 3.89. The highest BCUT2D eigenvalue weighted by molar-refractivity contribution is 6.20. The number of alkyl halides is 1. The molecule has 2 atom stereocenters. The Labute approximate surface area is 103 Å². The summed E-state index contributed by atoms with van der Waals surface area (Å²) in [4.78, 5) is 0. The topological polar surface area (TPSA) is 9.23 Å². The molecular formula is C14H19ClO. The minimum Gasteiger partial charge on any atom is -0.381 e. The zero-order valence-electron chi connectivity index (χ0n) is 9.79. The monoisotopic (exact) mass is 238 g/mol. The van der Waals surface area contributed by atoms with Crippen LogP contribution in [0.5, 0.6) is 0 Å². The Morgan fingerprint density at radius 1 is 1.44 bits per heavy atom. The van der Waals surface area contributed by atoms with Crippen molar-refractivity contribution < 1.29 is 4.74 Å². The second-order valence-corrected chi connectivity index (χ2v) is 5.18. The molecule has 16 heavy (non-hydrogen) atoms. The summed E-state index contributed by atoms with van der Waals surface area (Å²) in [6, 6.07) is 8.49. The van der Waals surface area contributed by atoms with E-state index in [2.05, 4.69) is 31.2 Å². The van der Waals surface area contributed by atoms with E-state index < -0.39 is 0 Å². The first-order valence-electron chi connectivity index (χ1n) is 6.03. The molecule has 2 heteroatoms. The fraction of sp³-hybridized carbons (Fsp3) is 0.571. The standard InChI is InChI=1S/C14H19ClO/c1-11-5-2-3-6-12(11)9-14(15)13-7-4-8-16-10-13/h2-3,5-6,13-14H,4,7-10H2,1H3. The van der Waals surface area contributed by atoms with Gasteiger partial charge in [-0.3, -0.25) is 0 Å². The van der Waals surface area contributed by atoms with Crippen LogP contribution in [0.15, 0.2) is 24.3 Å². The van der Waals surface area contributed by atoms with Crippen LogP contribution in [0.1, 0.15) is 24.0 Å². The molecule has 1 nitrogen and oxygen atoms in total. The van der Waals surface area contributed by atoms with Crippen molar-refractivity contribution in [1.29, 1.82) is 0 Å². The molecule has 88 valence electrons. The predicted molar refractivity (Wildman–Crippen MR) is 68.1 cm³/mol. The van der Waals surface area contributed by atoms with Crippen molar-refractivity contribution in [1.82, 2.24) is 0 Å². The van der Waals surface area contributed by atoms with Crippen LogP contribution in [0, 0.1) is 12.8 Å². The molecular weight excluding hydrogens is 220 g/mol. The van der Waals surface area contributed by atoms with Gasteiger partial charge in [-0.2, -0.15) is 0 Å². The van der Waals surface area contributed by atoms with Crippen molar-refractivity contribution >= 4 is 11.6 Å². The van der Waals surface area contributed by atoms with E-state index in [9.17, 15) is 0 Å². The van der Waals surface area contributed by atoms with E-state index in [1.54, 1.807) is 0 Å². The molecule has 0 N–H and O–H groups in total. The summed E-state index contributed by atoms with van der Waals surface area (Å²) in [5.41, 5.74) is 2.71. The maximum Gasteiger partial charge on any atom is 0.0508 e. The summed E-state index contributed by atoms with van der Waals surface area (Å²) in [5.74, 6) is 0.523. The third-order valence-electron chi connectivity index (χ3n) is 3.38. The molecule has 0 aliphatic carbocycles. The second-order valence-electron chi connectivity index (χ2n) is 4.62. The summed E-state index contributed by atoms with van der Waals surface area (Å²) in [6.07, 6.45) is 3.32.